The first-order chi connectivity index (χ1) is 5.83. The number of aryl methyl sites for hydroxylation is 1. The predicted octanol–water partition coefficient (Wildman–Crippen LogP) is 2.11. The Morgan fingerprint density at radius 1 is 1.50 bits per heavy atom. The summed E-state index contributed by atoms with van der Waals surface area (Å²) in [5, 5.41) is 0. The minimum atomic E-state index is -0.493. The Labute approximate surface area is 69.7 Å². The summed E-state index contributed by atoms with van der Waals surface area (Å²) in [5.74, 6) is 0. The molecule has 62 valence electrons. The second kappa shape index (κ2) is 2.59. The zero-order valence-electron chi connectivity index (χ0n) is 6.79. The van der Waals surface area contributed by atoms with Crippen LogP contribution in [0.15, 0.2) is 24.4 Å². The van der Waals surface area contributed by atoms with Crippen LogP contribution in [0.2, 0.25) is 0 Å². The molecule has 0 atom stereocenters. The average Bonchev–Trinajstić information content (AvgIpc) is 2.44. The Bertz CT molecular complexity index is 406. The van der Waals surface area contributed by atoms with Crippen molar-refractivity contribution in [3.05, 3.63) is 35.8 Å². The molecule has 3 heteroatoms. The monoisotopic (exact) mass is 164 g/mol. The normalized spacial score (nSPS) is 10.8. The van der Waals surface area contributed by atoms with Gasteiger partial charge in [0, 0.05) is 11.9 Å². The molecule has 0 fully saturated rings. The lowest BCUT2D eigenvalue weighted by Crippen LogP contribution is -1.86. The van der Waals surface area contributed by atoms with Crippen LogP contribution in [0, 0.1) is 6.92 Å². The Balaban J connectivity index is 2.78. The highest BCUT2D eigenvalue weighted by Gasteiger charge is 2.05. The van der Waals surface area contributed by atoms with Crippen LogP contribution in [0.1, 0.15) is 11.4 Å². The summed E-state index contributed by atoms with van der Waals surface area (Å²) in [6, 6.07) is 5.67. The van der Waals surface area contributed by atoms with E-state index >= 15 is 0 Å². The number of nitrogens with zero attached hydrogens (tertiary/aromatic N) is 2. The molecule has 0 saturated carbocycles. The number of imidazole rings is 1. The fourth-order valence-electron chi connectivity index (χ4n) is 1.29. The minimum absolute atomic E-state index is 0.493. The summed E-state index contributed by atoms with van der Waals surface area (Å²) in [6.45, 7) is 1.38. The van der Waals surface area contributed by atoms with Crippen molar-refractivity contribution in [2.45, 2.75) is 13.6 Å². The van der Waals surface area contributed by atoms with Gasteiger partial charge in [-0.1, -0.05) is 6.07 Å². The maximum absolute atomic E-state index is 12.3. The van der Waals surface area contributed by atoms with Crippen LogP contribution >= 0.6 is 0 Å². The Hall–Kier alpha value is -1.38. The number of pyridine rings is 1. The van der Waals surface area contributed by atoms with Gasteiger partial charge in [-0.3, -0.25) is 0 Å². The molecular formula is C9H9FN2. The molecule has 0 radical (unpaired) electrons. The van der Waals surface area contributed by atoms with Gasteiger partial charge in [0.1, 0.15) is 12.3 Å². The molecule has 0 amide bonds. The van der Waals surface area contributed by atoms with Crippen molar-refractivity contribution in [1.29, 1.82) is 0 Å². The summed E-state index contributed by atoms with van der Waals surface area (Å²) in [7, 11) is 0. The van der Waals surface area contributed by atoms with Crippen molar-refractivity contribution in [3.8, 4) is 0 Å². The predicted molar refractivity (Wildman–Crippen MR) is 44.7 cm³/mol. The molecule has 0 aromatic carbocycles. The van der Waals surface area contributed by atoms with E-state index in [1.54, 1.807) is 0 Å². The number of rotatable bonds is 1. The number of hydrogen-bond donors (Lipinski definition) is 0. The topological polar surface area (TPSA) is 17.3 Å². The summed E-state index contributed by atoms with van der Waals surface area (Å²) in [4.78, 5) is 4.12. The lowest BCUT2D eigenvalue weighted by Gasteiger charge is -1.93. The van der Waals surface area contributed by atoms with Gasteiger partial charge < -0.3 is 4.40 Å². The molecule has 0 spiro atoms. The first kappa shape index (κ1) is 7.28. The summed E-state index contributed by atoms with van der Waals surface area (Å²) in [5.41, 5.74) is 2.22. The van der Waals surface area contributed by atoms with Gasteiger partial charge >= 0.3 is 0 Å². The van der Waals surface area contributed by atoms with Gasteiger partial charge in [0.05, 0.1) is 5.69 Å². The van der Waals surface area contributed by atoms with Gasteiger partial charge in [-0.25, -0.2) is 9.37 Å². The fraction of sp³-hybridized carbons (Fsp3) is 0.222. The standard InChI is InChI=1S/C9H9FN2/c1-7-8(6-10)11-9-4-2-3-5-12(7)9/h2-5H,6H2,1H3. The van der Waals surface area contributed by atoms with Crippen molar-refractivity contribution in [2.24, 2.45) is 0 Å². The molecule has 0 aliphatic carbocycles. The van der Waals surface area contributed by atoms with Crippen LogP contribution in [-0.4, -0.2) is 9.38 Å². The summed E-state index contributed by atoms with van der Waals surface area (Å²) < 4.78 is 14.2. The van der Waals surface area contributed by atoms with E-state index in [0.717, 1.165) is 11.3 Å². The SMILES string of the molecule is Cc1c(CF)nc2ccccn12. The molecule has 2 nitrogen and oxygen atoms in total. The molecular weight excluding hydrogens is 155 g/mol. The first-order valence-electron chi connectivity index (χ1n) is 3.81. The van der Waals surface area contributed by atoms with Gasteiger partial charge in [0.25, 0.3) is 0 Å². The molecule has 2 aromatic heterocycles. The van der Waals surface area contributed by atoms with E-state index in [-0.39, 0.29) is 0 Å². The molecule has 0 aliphatic rings. The second-order valence-corrected chi connectivity index (χ2v) is 2.71. The number of hydrogen-bond acceptors (Lipinski definition) is 1. The molecule has 0 N–H and O–H groups in total. The Kier molecular flexibility index (Phi) is 1.57. The summed E-state index contributed by atoms with van der Waals surface area (Å²) in [6.07, 6.45) is 1.89. The number of alkyl halides is 1. The zero-order chi connectivity index (χ0) is 8.55. The highest BCUT2D eigenvalue weighted by atomic mass is 19.1. The van der Waals surface area contributed by atoms with Crippen LogP contribution in [0.3, 0.4) is 0 Å². The molecule has 2 rings (SSSR count). The van der Waals surface area contributed by atoms with Gasteiger partial charge in [0.2, 0.25) is 0 Å². The van der Waals surface area contributed by atoms with Crippen LogP contribution in [0.5, 0.6) is 0 Å². The quantitative estimate of drug-likeness (QED) is 0.631. The lowest BCUT2D eigenvalue weighted by molar-refractivity contribution is 0.475. The average molecular weight is 164 g/mol. The van der Waals surface area contributed by atoms with Crippen molar-refractivity contribution in [3.63, 3.8) is 0 Å². The lowest BCUT2D eigenvalue weighted by atomic mass is 10.4. The molecule has 2 aromatic rings. The fourth-order valence-corrected chi connectivity index (χ4v) is 1.29. The van der Waals surface area contributed by atoms with Crippen molar-refractivity contribution < 1.29 is 4.39 Å². The second-order valence-electron chi connectivity index (χ2n) is 2.71. The van der Waals surface area contributed by atoms with E-state index in [2.05, 4.69) is 4.98 Å². The van der Waals surface area contributed by atoms with E-state index in [9.17, 15) is 4.39 Å². The highest BCUT2D eigenvalue weighted by molar-refractivity contribution is 5.42. The molecule has 0 aliphatic heterocycles. The molecule has 0 unspecified atom stereocenters. The Morgan fingerprint density at radius 2 is 2.33 bits per heavy atom. The van der Waals surface area contributed by atoms with Gasteiger partial charge in [-0.05, 0) is 19.1 Å². The van der Waals surface area contributed by atoms with E-state index in [0.29, 0.717) is 5.69 Å². The van der Waals surface area contributed by atoms with Crippen LogP contribution in [-0.2, 0) is 6.67 Å². The van der Waals surface area contributed by atoms with Gasteiger partial charge in [-0.15, -0.1) is 0 Å². The van der Waals surface area contributed by atoms with E-state index < -0.39 is 6.67 Å². The largest absolute Gasteiger partial charge is 0.304 e. The summed E-state index contributed by atoms with van der Waals surface area (Å²) >= 11 is 0. The third kappa shape index (κ3) is 0.897. The number of fused-ring (bicyclic) bond motifs is 1. The van der Waals surface area contributed by atoms with Crippen molar-refractivity contribution >= 4 is 5.65 Å². The van der Waals surface area contributed by atoms with Crippen LogP contribution in [0.4, 0.5) is 4.39 Å². The van der Waals surface area contributed by atoms with E-state index in [1.807, 2.05) is 35.7 Å². The van der Waals surface area contributed by atoms with Crippen LogP contribution in [0.25, 0.3) is 5.65 Å². The number of aromatic nitrogens is 2. The van der Waals surface area contributed by atoms with Crippen molar-refractivity contribution in [2.75, 3.05) is 0 Å². The third-order valence-corrected chi connectivity index (χ3v) is 1.99. The Morgan fingerprint density at radius 3 is 3.00 bits per heavy atom. The van der Waals surface area contributed by atoms with Gasteiger partial charge in [0.15, 0.2) is 0 Å². The van der Waals surface area contributed by atoms with Gasteiger partial charge in [-0.2, -0.15) is 0 Å². The molecule has 0 saturated heterocycles. The highest BCUT2D eigenvalue weighted by Crippen LogP contribution is 2.11. The third-order valence-electron chi connectivity index (χ3n) is 1.99. The molecule has 0 bridgehead atoms. The minimum Gasteiger partial charge on any atom is -0.304 e. The number of halogens is 1. The maximum Gasteiger partial charge on any atom is 0.137 e. The van der Waals surface area contributed by atoms with Crippen LogP contribution < -0.4 is 0 Å². The zero-order valence-corrected chi connectivity index (χ0v) is 6.79. The van der Waals surface area contributed by atoms with E-state index in [4.69, 9.17) is 0 Å². The molecule has 2 heterocycles. The van der Waals surface area contributed by atoms with Crippen molar-refractivity contribution in [1.82, 2.24) is 9.38 Å². The maximum atomic E-state index is 12.3. The van der Waals surface area contributed by atoms with E-state index in [1.165, 1.54) is 0 Å². The first-order valence-corrected chi connectivity index (χ1v) is 3.81. The molecule has 12 heavy (non-hydrogen) atoms. The smallest absolute Gasteiger partial charge is 0.137 e.